The molecule has 0 aliphatic heterocycles. The molecule has 1 aromatic rings. The number of ether oxygens (including phenoxy) is 3. The molecule has 0 radical (unpaired) electrons. The van der Waals surface area contributed by atoms with E-state index in [4.69, 9.17) is 18.6 Å². The Hall–Kier alpha value is -1.99. The van der Waals surface area contributed by atoms with Crippen molar-refractivity contribution in [2.24, 2.45) is 0 Å². The minimum atomic E-state index is -1.95. The predicted octanol–water partition coefficient (Wildman–Crippen LogP) is 4.56. The maximum atomic E-state index is 12.2. The molecule has 0 saturated heterocycles. The van der Waals surface area contributed by atoms with Crippen molar-refractivity contribution in [3.05, 3.63) is 29.3 Å². The number of hydrogen-bond acceptors (Lipinski definition) is 6. The maximum Gasteiger partial charge on any atom is 0.337 e. The average Bonchev–Trinajstić information content (AvgIpc) is 2.62. The van der Waals surface area contributed by atoms with E-state index in [0.29, 0.717) is 23.7 Å². The lowest BCUT2D eigenvalue weighted by molar-refractivity contribution is -0.136. The average molecular weight is 397 g/mol. The highest BCUT2D eigenvalue weighted by Crippen LogP contribution is 2.37. The highest BCUT2D eigenvalue weighted by atomic mass is 28.4. The van der Waals surface area contributed by atoms with Crippen LogP contribution in [0.4, 0.5) is 0 Å². The second-order valence-corrected chi connectivity index (χ2v) is 12.6. The molecule has 0 spiro atoms. The van der Waals surface area contributed by atoms with E-state index in [1.807, 2.05) is 0 Å². The van der Waals surface area contributed by atoms with Gasteiger partial charge in [0.1, 0.15) is 5.76 Å². The Labute approximate surface area is 163 Å². The van der Waals surface area contributed by atoms with Gasteiger partial charge in [-0.05, 0) is 36.3 Å². The summed E-state index contributed by atoms with van der Waals surface area (Å²) in [5.74, 6) is 0.265. The molecule has 0 amide bonds. The molecule has 0 aromatic heterocycles. The Bertz CT molecular complexity index is 688. The quantitative estimate of drug-likeness (QED) is 0.301. The van der Waals surface area contributed by atoms with Crippen LogP contribution in [0.25, 0.3) is 5.76 Å². The molecule has 152 valence electrons. The first kappa shape index (κ1) is 23.0. The smallest absolute Gasteiger partial charge is 0.337 e. The highest BCUT2D eigenvalue weighted by Gasteiger charge is 2.37. The van der Waals surface area contributed by atoms with E-state index in [1.165, 1.54) is 21.3 Å². The summed E-state index contributed by atoms with van der Waals surface area (Å²) in [6, 6.07) is 4.95. The van der Waals surface area contributed by atoms with Crippen molar-refractivity contribution < 1.29 is 28.5 Å². The number of esters is 1. The first-order valence-electron chi connectivity index (χ1n) is 8.85. The number of carbonyl (C=O) groups is 1. The lowest BCUT2D eigenvalue weighted by Gasteiger charge is -2.36. The Kier molecular flexibility index (Phi) is 7.92. The fraction of sp³-hybridized carbons (Fsp3) is 0.550. The van der Waals surface area contributed by atoms with Gasteiger partial charge in [0.15, 0.2) is 19.8 Å². The van der Waals surface area contributed by atoms with E-state index in [1.54, 1.807) is 18.2 Å². The number of methoxy groups -OCH3 is 3. The van der Waals surface area contributed by atoms with Gasteiger partial charge < -0.3 is 23.7 Å². The van der Waals surface area contributed by atoms with Gasteiger partial charge in [-0.3, -0.25) is 0 Å². The van der Waals surface area contributed by atoms with E-state index in [-0.39, 0.29) is 22.8 Å². The Morgan fingerprint density at radius 3 is 2.15 bits per heavy atom. The van der Waals surface area contributed by atoms with Crippen molar-refractivity contribution in [3.63, 3.8) is 0 Å². The molecule has 1 aromatic carbocycles. The third kappa shape index (κ3) is 5.74. The van der Waals surface area contributed by atoms with Crippen molar-refractivity contribution in [2.45, 2.75) is 45.3 Å². The van der Waals surface area contributed by atoms with Gasteiger partial charge in [0.2, 0.25) is 0 Å². The molecule has 1 N–H and O–H groups in total. The van der Waals surface area contributed by atoms with Gasteiger partial charge in [-0.15, -0.1) is 0 Å². The van der Waals surface area contributed by atoms with Gasteiger partial charge in [0, 0.05) is 18.6 Å². The normalized spacial score (nSPS) is 13.0. The molecule has 0 unspecified atom stereocenters. The zero-order chi connectivity index (χ0) is 20.8. The van der Waals surface area contributed by atoms with Gasteiger partial charge in [0.25, 0.3) is 0 Å². The summed E-state index contributed by atoms with van der Waals surface area (Å²) in [5.41, 5.74) is 0.615. The molecule has 0 fully saturated rings. The van der Waals surface area contributed by atoms with Crippen LogP contribution in [0.2, 0.25) is 18.1 Å². The lowest BCUT2D eigenvalue weighted by atomic mass is 10.1. The zero-order valence-electron chi connectivity index (χ0n) is 17.6. The monoisotopic (exact) mass is 396 g/mol. The van der Waals surface area contributed by atoms with Crippen LogP contribution in [0.3, 0.4) is 0 Å². The molecule has 6 nitrogen and oxygen atoms in total. The molecule has 7 heteroatoms. The molecular formula is C20H32O6Si. The first-order valence-corrected chi connectivity index (χ1v) is 11.8. The summed E-state index contributed by atoms with van der Waals surface area (Å²) in [4.78, 5) is 12.2. The van der Waals surface area contributed by atoms with Crippen LogP contribution in [0.15, 0.2) is 23.8 Å². The molecule has 0 atom stereocenters. The van der Waals surface area contributed by atoms with E-state index in [2.05, 4.69) is 33.9 Å². The standard InChI is InChI=1S/C20H32O6Si/c1-20(2,3)27(7,8)26-12-11-15(19(22)25-6)18(21)14-9-10-16(23-4)17(13-14)24-5/h9-10,13,21H,11-12H2,1-8H3/b18-15+. The molecule has 27 heavy (non-hydrogen) atoms. The van der Waals surface area contributed by atoms with Gasteiger partial charge >= 0.3 is 5.97 Å². The summed E-state index contributed by atoms with van der Waals surface area (Å²) in [6.45, 7) is 11.1. The summed E-state index contributed by atoms with van der Waals surface area (Å²) < 4.78 is 21.4. The zero-order valence-corrected chi connectivity index (χ0v) is 18.6. The molecule has 1 rings (SSSR count). The number of hydrogen-bond donors (Lipinski definition) is 1. The molecule has 0 bridgehead atoms. The molecule has 0 saturated carbocycles. The van der Waals surface area contributed by atoms with E-state index >= 15 is 0 Å². The number of rotatable bonds is 8. The minimum Gasteiger partial charge on any atom is -0.507 e. The van der Waals surface area contributed by atoms with Gasteiger partial charge in [-0.25, -0.2) is 4.79 Å². The molecule has 0 aliphatic carbocycles. The molecule has 0 aliphatic rings. The van der Waals surface area contributed by atoms with Crippen LogP contribution in [-0.4, -0.2) is 47.3 Å². The van der Waals surface area contributed by atoms with Crippen LogP contribution in [0.1, 0.15) is 32.8 Å². The highest BCUT2D eigenvalue weighted by molar-refractivity contribution is 6.74. The van der Waals surface area contributed by atoms with Gasteiger partial charge in [0.05, 0.1) is 26.9 Å². The third-order valence-electron chi connectivity index (χ3n) is 5.00. The number of benzene rings is 1. The topological polar surface area (TPSA) is 74.2 Å². The summed E-state index contributed by atoms with van der Waals surface area (Å²) in [6.07, 6.45) is 0.249. The van der Waals surface area contributed by atoms with E-state index < -0.39 is 14.3 Å². The van der Waals surface area contributed by atoms with Crippen molar-refractivity contribution in [2.75, 3.05) is 27.9 Å². The fourth-order valence-electron chi connectivity index (χ4n) is 2.22. The minimum absolute atomic E-state index is 0.0630. The Balaban J connectivity index is 3.13. The largest absolute Gasteiger partial charge is 0.507 e. The third-order valence-corrected chi connectivity index (χ3v) is 9.53. The summed E-state index contributed by atoms with van der Waals surface area (Å²) in [5, 5.41) is 10.8. The Morgan fingerprint density at radius 1 is 1.07 bits per heavy atom. The van der Waals surface area contributed by atoms with Crippen LogP contribution < -0.4 is 9.47 Å². The molecular weight excluding hydrogens is 364 g/mol. The SMILES string of the molecule is COC(=O)/C(CCO[Si](C)(C)C(C)(C)C)=C(/O)c1ccc(OC)c(OC)c1. The Morgan fingerprint density at radius 2 is 1.67 bits per heavy atom. The van der Waals surface area contributed by atoms with Crippen LogP contribution in [0, 0.1) is 0 Å². The maximum absolute atomic E-state index is 12.2. The van der Waals surface area contributed by atoms with E-state index in [9.17, 15) is 9.90 Å². The van der Waals surface area contributed by atoms with Gasteiger partial charge in [-0.2, -0.15) is 0 Å². The number of aliphatic hydroxyl groups is 1. The summed E-state index contributed by atoms with van der Waals surface area (Å²) in [7, 11) is 2.38. The van der Waals surface area contributed by atoms with Crippen LogP contribution in [0.5, 0.6) is 11.5 Å². The number of aliphatic hydroxyl groups excluding tert-OH is 1. The van der Waals surface area contributed by atoms with Crippen molar-refractivity contribution in [1.29, 1.82) is 0 Å². The van der Waals surface area contributed by atoms with E-state index in [0.717, 1.165) is 0 Å². The fourth-order valence-corrected chi connectivity index (χ4v) is 3.27. The van der Waals surface area contributed by atoms with Crippen molar-refractivity contribution >= 4 is 20.0 Å². The lowest BCUT2D eigenvalue weighted by Crippen LogP contribution is -2.41. The van der Waals surface area contributed by atoms with Crippen LogP contribution in [-0.2, 0) is 14.0 Å². The number of carbonyl (C=O) groups excluding carboxylic acids is 1. The van der Waals surface area contributed by atoms with Crippen LogP contribution >= 0.6 is 0 Å². The second-order valence-electron chi connectivity index (χ2n) is 7.75. The second kappa shape index (κ2) is 9.28. The van der Waals surface area contributed by atoms with Crippen molar-refractivity contribution in [3.8, 4) is 11.5 Å². The van der Waals surface area contributed by atoms with Crippen molar-refractivity contribution in [1.82, 2.24) is 0 Å². The van der Waals surface area contributed by atoms with Gasteiger partial charge in [-0.1, -0.05) is 20.8 Å². The predicted molar refractivity (Wildman–Crippen MR) is 109 cm³/mol. The summed E-state index contributed by atoms with van der Waals surface area (Å²) >= 11 is 0. The molecule has 0 heterocycles. The first-order chi connectivity index (χ1) is 12.5.